The van der Waals surface area contributed by atoms with Crippen molar-refractivity contribution in [2.24, 2.45) is 17.6 Å². The predicted octanol–water partition coefficient (Wildman–Crippen LogP) is 5.38. The van der Waals surface area contributed by atoms with E-state index in [1.165, 1.54) is 98.1 Å². The van der Waals surface area contributed by atoms with Gasteiger partial charge in [-0.3, -0.25) is 29.3 Å². The molecule has 5 heterocycles. The Balaban J connectivity index is 0.000000193. The number of benzene rings is 4. The van der Waals surface area contributed by atoms with E-state index in [0.29, 0.717) is 79.4 Å². The van der Waals surface area contributed by atoms with Crippen molar-refractivity contribution in [3.8, 4) is 40.4 Å². The molecule has 0 radical (unpaired) electrons. The molecule has 10 rings (SSSR count). The van der Waals surface area contributed by atoms with Crippen LogP contribution in [0.4, 0.5) is 10.7 Å². The number of amides is 4. The largest absolute Gasteiger partial charge is 0.496 e. The smallest absolute Gasteiger partial charge is 0.336 e. The Labute approximate surface area is 596 Å². The molecule has 1 aliphatic carbocycles. The average Bonchev–Trinajstić information content (AvgIpc) is 1.66. The molecule has 4 aromatic carbocycles. The number of sulfone groups is 1. The molecule has 7 aromatic rings. The Hall–Kier alpha value is -10.1. The molecule has 37 heteroatoms. The molecule has 4 amide bonds. The molecular formula is C66H82N12O21S4. The number of carbonyl (C=O) groups excluding carboxylic acids is 5. The second-order valence-electron chi connectivity index (χ2n) is 24.4. The number of oxime groups is 1. The molecule has 0 unspecified atom stereocenters. The highest BCUT2D eigenvalue weighted by molar-refractivity contribution is 8.03. The first-order valence-electron chi connectivity index (χ1n) is 31.7. The molecule has 0 saturated heterocycles. The van der Waals surface area contributed by atoms with Gasteiger partial charge in [0.2, 0.25) is 39.5 Å². The van der Waals surface area contributed by atoms with Crippen LogP contribution < -0.4 is 44.6 Å². The Morgan fingerprint density at radius 1 is 0.728 bits per heavy atom. The number of methoxy groups -OCH3 is 3. The van der Waals surface area contributed by atoms with Gasteiger partial charge in [-0.1, -0.05) is 52.5 Å². The molecule has 2 aliphatic heterocycles. The minimum absolute atomic E-state index is 0.00654. The number of ether oxygens (including phenoxy) is 5. The van der Waals surface area contributed by atoms with Gasteiger partial charge in [0.15, 0.2) is 15.6 Å². The zero-order valence-corrected chi connectivity index (χ0v) is 62.3. The molecular weight excluding hydrogens is 1430 g/mol. The summed E-state index contributed by atoms with van der Waals surface area (Å²) in [5.74, 6) is -1.66. The van der Waals surface area contributed by atoms with Gasteiger partial charge in [-0.15, -0.1) is 0 Å². The van der Waals surface area contributed by atoms with Crippen molar-refractivity contribution in [3.63, 3.8) is 0 Å². The maximum absolute atomic E-state index is 13.5. The lowest BCUT2D eigenvalue weighted by Gasteiger charge is -2.19. The molecule has 0 atom stereocenters. The molecule has 5 N–H and O–H groups in total. The van der Waals surface area contributed by atoms with Crippen molar-refractivity contribution in [2.45, 2.75) is 109 Å². The molecule has 33 nitrogen and oxygen atoms in total. The molecule has 0 spiro atoms. The fourth-order valence-corrected chi connectivity index (χ4v) is 14.0. The number of urea groups is 1. The minimum atomic E-state index is -4.60. The van der Waals surface area contributed by atoms with Crippen LogP contribution in [-0.2, 0) is 87.4 Å². The van der Waals surface area contributed by atoms with Gasteiger partial charge >= 0.3 is 22.2 Å². The number of hydrogen-bond acceptors (Lipinski definition) is 25. The van der Waals surface area contributed by atoms with Crippen LogP contribution >= 0.6 is 0 Å². The molecule has 3 aliphatic rings. The lowest BCUT2D eigenvalue weighted by molar-refractivity contribution is -0.143. The minimum Gasteiger partial charge on any atom is -0.496 e. The third kappa shape index (κ3) is 20.0. The first-order valence-corrected chi connectivity index (χ1v) is 38.4. The Kier molecular flexibility index (Phi) is 26.0. The van der Waals surface area contributed by atoms with Gasteiger partial charge in [0, 0.05) is 49.5 Å². The quantitative estimate of drug-likeness (QED) is 0.0472. The first kappa shape index (κ1) is 80.2. The van der Waals surface area contributed by atoms with E-state index in [2.05, 4.69) is 58.4 Å². The van der Waals surface area contributed by atoms with Crippen molar-refractivity contribution in [1.29, 1.82) is 0 Å². The van der Waals surface area contributed by atoms with Crippen molar-refractivity contribution >= 4 is 81.4 Å². The highest BCUT2D eigenvalue weighted by Gasteiger charge is 2.34. The number of anilines is 1. The predicted molar refractivity (Wildman–Crippen MR) is 377 cm³/mol. The van der Waals surface area contributed by atoms with Crippen LogP contribution in [0.2, 0.25) is 0 Å². The van der Waals surface area contributed by atoms with Crippen LogP contribution in [0.25, 0.3) is 11.1 Å². The summed E-state index contributed by atoms with van der Waals surface area (Å²) in [5, 5.41) is 22.6. The third-order valence-electron chi connectivity index (χ3n) is 15.7. The SMILES string of the molecule is CCc1cc(C)cc(CC)c1-c1c(OC(=O)C(C)(C)C)n2n(c1=O)CCOCC2.COc1cc(OC)nc(NC(=O)NS(=O)(=O)N(C)S(C)(=O)=O)n1.COc1ccccc1C(=O)NS(=O)(=O)c1ccc(C(=O)NC2CC2)cc1.Cc1c(C(=O)c2cnn(C)c2O)ccc(S(C)(=O)=O)c1C1=NOCC1. The van der Waals surface area contributed by atoms with Crippen LogP contribution in [0, 0.1) is 19.3 Å². The number of aromatic nitrogens is 6. The maximum atomic E-state index is 13.5. The van der Waals surface area contributed by atoms with Crippen LogP contribution in [0.15, 0.2) is 105 Å². The number of nitrogens with one attached hydrogen (secondary N) is 4. The molecule has 3 aromatic heterocycles. The number of para-hydroxylation sites is 1. The number of ketones is 1. The molecule has 556 valence electrons. The van der Waals surface area contributed by atoms with Crippen LogP contribution in [0.1, 0.15) is 118 Å². The number of hydrogen-bond donors (Lipinski definition) is 5. The zero-order chi connectivity index (χ0) is 76.3. The second kappa shape index (κ2) is 33.4. The van der Waals surface area contributed by atoms with Gasteiger partial charge in [0.25, 0.3) is 27.4 Å². The molecule has 1 fully saturated rings. The van der Waals surface area contributed by atoms with Crippen LogP contribution in [-0.4, -0.2) is 174 Å². The Bertz CT molecular complexity index is 4900. The molecule has 103 heavy (non-hydrogen) atoms. The first-order chi connectivity index (χ1) is 48.3. The van der Waals surface area contributed by atoms with Crippen LogP contribution in [0.5, 0.6) is 29.3 Å². The van der Waals surface area contributed by atoms with Gasteiger partial charge in [-0.25, -0.2) is 53.5 Å². The number of nitrogens with zero attached hydrogens (tertiary/aromatic N) is 8. The van der Waals surface area contributed by atoms with E-state index < -0.39 is 63.2 Å². The fourth-order valence-electron chi connectivity index (χ4n) is 10.1. The fraction of sp³-hybridized carbons (Fsp3) is 0.394. The number of aromatic hydroxyl groups is 1. The van der Waals surface area contributed by atoms with Crippen molar-refractivity contribution in [3.05, 3.63) is 145 Å². The van der Waals surface area contributed by atoms with Crippen molar-refractivity contribution < 1.29 is 91.3 Å². The third-order valence-corrected chi connectivity index (χ3v) is 21.7. The van der Waals surface area contributed by atoms with Crippen LogP contribution in [0.3, 0.4) is 0 Å². The standard InChI is InChI=1S/C23H32N2O4.C18H18N2O5S.C16H17N3O5S.C9H15N5O7S2/c1-7-16-13-15(3)14-17(8-2)18(16)19-20(26)24-9-11-28-12-10-25(24)21(19)29-22(27)23(4,5)6;1-25-16-5-3-2-4-15(16)18(22)20-26(23,24)14-10-6-12(7-11-14)17(21)19-13-8-9-13;1-9-10(15(20)11-8-17-19(2)16(11)21)4-5-13(25(3,22)23)14(9)12-6-7-24-18-12;1-14(22(4,16)17)23(18,19)13-9(15)12-8-10-6(20-2)5-7(11-8)21-3/h13-14H,7-12H2,1-6H3;2-7,10-11,13H,8-9H2,1H3,(H,19,21)(H,20,22);4-5,8,21H,6-7H2,1-3H3;5H,1-4H3,(H2,10,11,12,13,15). The van der Waals surface area contributed by atoms with Crippen molar-refractivity contribution in [2.75, 3.05) is 66.0 Å². The summed E-state index contributed by atoms with van der Waals surface area (Å²) in [6.07, 6.45) is 7.03. The maximum Gasteiger partial charge on any atom is 0.336 e. The van der Waals surface area contributed by atoms with Gasteiger partial charge in [-0.05, 0) is 131 Å². The van der Waals surface area contributed by atoms with E-state index in [1.807, 2.05) is 30.8 Å². The summed E-state index contributed by atoms with van der Waals surface area (Å²) in [7, 11) is -9.95. The summed E-state index contributed by atoms with van der Waals surface area (Å²) in [6, 6.07) is 19.1. The summed E-state index contributed by atoms with van der Waals surface area (Å²) < 4.78 is 129. The lowest BCUT2D eigenvalue weighted by atomic mass is 9.91. The Morgan fingerprint density at radius 2 is 1.33 bits per heavy atom. The number of sulfonamides is 2. The summed E-state index contributed by atoms with van der Waals surface area (Å²) in [5.41, 5.74) is 6.14. The number of esters is 1. The van der Waals surface area contributed by atoms with Gasteiger partial charge in [0.05, 0.1) is 92.6 Å². The van der Waals surface area contributed by atoms with Gasteiger partial charge in [0.1, 0.15) is 23.5 Å². The van der Waals surface area contributed by atoms with E-state index in [-0.39, 0.29) is 83.0 Å². The summed E-state index contributed by atoms with van der Waals surface area (Å²) >= 11 is 0. The molecule has 0 bridgehead atoms. The Morgan fingerprint density at radius 3 is 1.84 bits per heavy atom. The van der Waals surface area contributed by atoms with E-state index in [1.54, 1.807) is 34.5 Å². The average molecular weight is 1510 g/mol. The van der Waals surface area contributed by atoms with Gasteiger partial charge in [-0.2, -0.15) is 23.5 Å². The highest BCUT2D eigenvalue weighted by Crippen LogP contribution is 2.37. The van der Waals surface area contributed by atoms with E-state index >= 15 is 0 Å². The van der Waals surface area contributed by atoms with Gasteiger partial charge < -0.3 is 38.9 Å². The lowest BCUT2D eigenvalue weighted by Crippen LogP contribution is -2.45. The monoisotopic (exact) mass is 1510 g/mol. The van der Waals surface area contributed by atoms with E-state index in [0.717, 1.165) is 55.7 Å². The summed E-state index contributed by atoms with van der Waals surface area (Å²) in [6.45, 7) is 15.6. The molecule has 1 saturated carbocycles. The number of fused-ring (bicyclic) bond motifs is 1. The van der Waals surface area contributed by atoms with Crippen molar-refractivity contribution in [1.82, 2.24) is 47.6 Å². The zero-order valence-electron chi connectivity index (χ0n) is 59.1. The number of carbonyl (C=O) groups is 5. The number of rotatable bonds is 20. The highest BCUT2D eigenvalue weighted by atomic mass is 32.3. The topological polar surface area (TPSA) is 432 Å². The van der Waals surface area contributed by atoms with E-state index in [4.69, 9.17) is 28.5 Å². The second-order valence-corrected chi connectivity index (χ2v) is 32.0. The summed E-state index contributed by atoms with van der Waals surface area (Å²) in [4.78, 5) is 87.5. The normalized spacial score (nSPS) is 13.6. The number of aryl methyl sites for hydroxylation is 4. The van der Waals surface area contributed by atoms with E-state index in [9.17, 15) is 67.5 Å².